The summed E-state index contributed by atoms with van der Waals surface area (Å²) in [4.78, 5) is 11.3. The predicted molar refractivity (Wildman–Crippen MR) is 97.8 cm³/mol. The summed E-state index contributed by atoms with van der Waals surface area (Å²) in [6.45, 7) is 7.50. The lowest BCUT2D eigenvalue weighted by atomic mass is 9.89. The van der Waals surface area contributed by atoms with Crippen molar-refractivity contribution < 1.29 is 9.13 Å². The fourth-order valence-electron chi connectivity index (χ4n) is 2.84. The van der Waals surface area contributed by atoms with Crippen molar-refractivity contribution >= 4 is 17.5 Å². The topological polar surface area (TPSA) is 92.1 Å². The minimum absolute atomic E-state index is 0.223. The normalized spacial score (nSPS) is 14.9. The van der Waals surface area contributed by atoms with Crippen molar-refractivity contribution in [3.05, 3.63) is 53.6 Å². The number of hydrogen-bond donors (Lipinski definition) is 3. The highest BCUT2D eigenvalue weighted by atomic mass is 19.1. The van der Waals surface area contributed by atoms with E-state index in [4.69, 9.17) is 11.3 Å². The summed E-state index contributed by atoms with van der Waals surface area (Å²) in [7, 11) is 1.55. The lowest BCUT2D eigenvalue weighted by Gasteiger charge is -2.35. The van der Waals surface area contributed by atoms with Gasteiger partial charge in [-0.1, -0.05) is 12.6 Å². The van der Waals surface area contributed by atoms with Crippen molar-refractivity contribution in [2.45, 2.75) is 5.67 Å². The number of anilines is 2. The van der Waals surface area contributed by atoms with Crippen LogP contribution < -0.4 is 15.4 Å². The van der Waals surface area contributed by atoms with Gasteiger partial charge in [-0.05, 0) is 17.7 Å². The molecule has 0 aliphatic carbocycles. The Kier molecular flexibility index (Phi) is 4.18. The van der Waals surface area contributed by atoms with Crippen LogP contribution in [0.25, 0.3) is 16.1 Å². The summed E-state index contributed by atoms with van der Waals surface area (Å²) in [5.74, 6) is 1.79. The first-order chi connectivity index (χ1) is 13.1. The molecule has 2 aromatic heterocycles. The minimum Gasteiger partial charge on any atom is -0.496 e. The van der Waals surface area contributed by atoms with E-state index < -0.39 is 5.67 Å². The van der Waals surface area contributed by atoms with E-state index in [9.17, 15) is 4.39 Å². The number of nitrogens with one attached hydrogen (secondary N) is 3. The molecule has 0 saturated carbocycles. The van der Waals surface area contributed by atoms with Crippen LogP contribution in [0.1, 0.15) is 5.56 Å². The molecule has 1 saturated heterocycles. The standard InChI is InChI=1S/C18H16FN7O/c1-20-16-7-23-17(8-22-16)24-15-6-13(25-26-15)12-4-3-11(5-14(12)27-2)18(19)9-21-10-18/h3-8,21H,9-10H2,2H3,(H2,23,24,25,26). The predicted octanol–water partition coefficient (Wildman–Crippen LogP) is 2.94. The zero-order valence-corrected chi connectivity index (χ0v) is 14.5. The molecular weight excluding hydrogens is 349 g/mol. The van der Waals surface area contributed by atoms with Crippen LogP contribution in [0.2, 0.25) is 0 Å². The Balaban J connectivity index is 1.58. The molecule has 8 nitrogen and oxygen atoms in total. The molecule has 0 amide bonds. The Morgan fingerprint density at radius 1 is 1.22 bits per heavy atom. The maximum absolute atomic E-state index is 14.6. The van der Waals surface area contributed by atoms with E-state index in [1.165, 1.54) is 12.4 Å². The van der Waals surface area contributed by atoms with Gasteiger partial charge >= 0.3 is 0 Å². The Morgan fingerprint density at radius 3 is 2.70 bits per heavy atom. The first-order valence-electron chi connectivity index (χ1n) is 8.22. The average Bonchev–Trinajstić information content (AvgIpc) is 3.14. The molecule has 0 spiro atoms. The van der Waals surface area contributed by atoms with Gasteiger partial charge in [0.05, 0.1) is 19.0 Å². The summed E-state index contributed by atoms with van der Waals surface area (Å²) >= 11 is 0. The molecule has 0 bridgehead atoms. The van der Waals surface area contributed by atoms with Gasteiger partial charge in [-0.3, -0.25) is 5.10 Å². The Labute approximate surface area is 154 Å². The number of aromatic amines is 1. The first kappa shape index (κ1) is 16.9. The monoisotopic (exact) mass is 365 g/mol. The highest BCUT2D eigenvalue weighted by molar-refractivity contribution is 5.71. The van der Waals surface area contributed by atoms with Crippen molar-refractivity contribution in [3.8, 4) is 17.0 Å². The van der Waals surface area contributed by atoms with Crippen molar-refractivity contribution in [3.63, 3.8) is 0 Å². The Morgan fingerprint density at radius 2 is 2.07 bits per heavy atom. The molecular formula is C18H16FN7O. The van der Waals surface area contributed by atoms with E-state index in [0.29, 0.717) is 41.7 Å². The van der Waals surface area contributed by atoms with Crippen LogP contribution in [0.15, 0.2) is 36.7 Å². The summed E-state index contributed by atoms with van der Waals surface area (Å²) in [6, 6.07) is 7.09. The van der Waals surface area contributed by atoms with Crippen LogP contribution >= 0.6 is 0 Å². The van der Waals surface area contributed by atoms with Gasteiger partial charge in [0.15, 0.2) is 23.5 Å². The lowest BCUT2D eigenvalue weighted by Crippen LogP contribution is -2.53. The molecule has 4 rings (SSSR count). The fraction of sp³-hybridized carbons (Fsp3) is 0.222. The molecule has 27 heavy (non-hydrogen) atoms. The molecule has 1 aliphatic rings. The minimum atomic E-state index is -1.34. The molecule has 1 fully saturated rings. The molecule has 9 heteroatoms. The van der Waals surface area contributed by atoms with Gasteiger partial charge in [0.1, 0.15) is 5.75 Å². The SMILES string of the molecule is [C-]#[N+]c1cnc(Nc2cc(-c3ccc(C4(F)CNC4)cc3OC)[nH]n2)cn1. The smallest absolute Gasteiger partial charge is 0.288 e. The van der Waals surface area contributed by atoms with E-state index in [2.05, 4.69) is 35.6 Å². The highest BCUT2D eigenvalue weighted by Gasteiger charge is 2.39. The number of ether oxygens (including phenoxy) is 1. The summed E-state index contributed by atoms with van der Waals surface area (Å²) in [5, 5.41) is 13.1. The van der Waals surface area contributed by atoms with E-state index in [1.807, 2.05) is 6.07 Å². The van der Waals surface area contributed by atoms with Crippen LogP contribution in [0.3, 0.4) is 0 Å². The lowest BCUT2D eigenvalue weighted by molar-refractivity contribution is 0.0889. The third kappa shape index (κ3) is 3.18. The van der Waals surface area contributed by atoms with E-state index >= 15 is 0 Å². The number of aromatic nitrogens is 4. The van der Waals surface area contributed by atoms with Gasteiger partial charge in [-0.15, -0.1) is 4.98 Å². The van der Waals surface area contributed by atoms with E-state index in [0.717, 1.165) is 5.56 Å². The summed E-state index contributed by atoms with van der Waals surface area (Å²) in [5.41, 5.74) is 0.733. The number of rotatable bonds is 5. The van der Waals surface area contributed by atoms with Gasteiger partial charge in [0.25, 0.3) is 5.82 Å². The van der Waals surface area contributed by atoms with Gasteiger partial charge in [-0.25, -0.2) is 9.37 Å². The van der Waals surface area contributed by atoms with Crippen molar-refractivity contribution in [2.24, 2.45) is 0 Å². The summed E-state index contributed by atoms with van der Waals surface area (Å²) in [6.07, 6.45) is 2.84. The zero-order valence-electron chi connectivity index (χ0n) is 14.5. The molecule has 3 aromatic rings. The largest absolute Gasteiger partial charge is 0.496 e. The second-order valence-electron chi connectivity index (χ2n) is 6.15. The van der Waals surface area contributed by atoms with Crippen LogP contribution in [0.4, 0.5) is 21.8 Å². The quantitative estimate of drug-likeness (QED) is 0.602. The fourth-order valence-corrected chi connectivity index (χ4v) is 2.84. The third-order valence-corrected chi connectivity index (χ3v) is 4.41. The molecule has 0 radical (unpaired) electrons. The molecule has 1 aliphatic heterocycles. The molecule has 0 atom stereocenters. The Bertz CT molecular complexity index is 1010. The second kappa shape index (κ2) is 6.66. The molecule has 3 heterocycles. The average molecular weight is 365 g/mol. The van der Waals surface area contributed by atoms with Crippen LogP contribution in [-0.4, -0.2) is 40.4 Å². The Hall–Kier alpha value is -3.51. The molecule has 0 unspecified atom stereocenters. The highest BCUT2D eigenvalue weighted by Crippen LogP contribution is 2.37. The number of methoxy groups -OCH3 is 1. The van der Waals surface area contributed by atoms with Gasteiger partial charge in [0, 0.05) is 24.7 Å². The van der Waals surface area contributed by atoms with Crippen LogP contribution in [0, 0.1) is 6.57 Å². The van der Waals surface area contributed by atoms with Crippen molar-refractivity contribution in [1.82, 2.24) is 25.5 Å². The van der Waals surface area contributed by atoms with Crippen molar-refractivity contribution in [1.29, 1.82) is 0 Å². The number of hydrogen-bond acceptors (Lipinski definition) is 6. The van der Waals surface area contributed by atoms with Crippen molar-refractivity contribution in [2.75, 3.05) is 25.5 Å². The van der Waals surface area contributed by atoms with Crippen LogP contribution in [-0.2, 0) is 5.67 Å². The third-order valence-electron chi connectivity index (χ3n) is 4.41. The number of nitrogens with zero attached hydrogens (tertiary/aromatic N) is 4. The number of H-pyrrole nitrogens is 1. The maximum atomic E-state index is 14.6. The maximum Gasteiger partial charge on any atom is 0.288 e. The number of benzene rings is 1. The second-order valence-corrected chi connectivity index (χ2v) is 6.15. The van der Waals surface area contributed by atoms with Gasteiger partial charge in [0.2, 0.25) is 0 Å². The summed E-state index contributed by atoms with van der Waals surface area (Å²) < 4.78 is 20.1. The first-order valence-corrected chi connectivity index (χ1v) is 8.22. The number of alkyl halides is 1. The molecule has 1 aromatic carbocycles. The van der Waals surface area contributed by atoms with E-state index in [1.54, 1.807) is 25.3 Å². The molecule has 136 valence electrons. The molecule has 3 N–H and O–H groups in total. The van der Waals surface area contributed by atoms with Gasteiger partial charge < -0.3 is 20.2 Å². The zero-order chi connectivity index (χ0) is 18.9. The van der Waals surface area contributed by atoms with Crippen LogP contribution in [0.5, 0.6) is 5.75 Å². The van der Waals surface area contributed by atoms with E-state index in [-0.39, 0.29) is 5.82 Å². The number of halogens is 1. The van der Waals surface area contributed by atoms with Gasteiger partial charge in [-0.2, -0.15) is 5.10 Å².